The minimum Gasteiger partial charge on any atom is -0.405 e. The van der Waals surface area contributed by atoms with Crippen molar-refractivity contribution in [2.75, 3.05) is 6.54 Å². The predicted octanol–water partition coefficient (Wildman–Crippen LogP) is 2.40. The van der Waals surface area contributed by atoms with Crippen molar-refractivity contribution in [3.05, 3.63) is 29.8 Å². The van der Waals surface area contributed by atoms with E-state index in [1.165, 1.54) is 18.2 Å². The molecule has 0 aromatic heterocycles. The largest absolute Gasteiger partial charge is 0.573 e. The monoisotopic (exact) mass is 262 g/mol. The van der Waals surface area contributed by atoms with Gasteiger partial charge in [-0.05, 0) is 13.0 Å². The van der Waals surface area contributed by atoms with Gasteiger partial charge in [0, 0.05) is 18.7 Å². The van der Waals surface area contributed by atoms with Crippen LogP contribution in [0, 0.1) is 0 Å². The average Bonchev–Trinajstić information content (AvgIpc) is 2.26. The molecular formula is C11H13F3N2O2. The Hall–Kier alpha value is -1.92. The molecule has 7 heteroatoms. The predicted molar refractivity (Wildman–Crippen MR) is 59.0 cm³/mol. The van der Waals surface area contributed by atoms with Gasteiger partial charge in [-0.3, -0.25) is 0 Å². The molecule has 1 rings (SSSR count). The maximum Gasteiger partial charge on any atom is 0.573 e. The average molecular weight is 262 g/mol. The zero-order valence-electron chi connectivity index (χ0n) is 9.67. The van der Waals surface area contributed by atoms with Crippen LogP contribution in [0.25, 0.3) is 0 Å². The highest BCUT2D eigenvalue weighted by molar-refractivity contribution is 5.73. The molecule has 4 nitrogen and oxygen atoms in total. The number of hydrogen-bond donors (Lipinski definition) is 2. The number of para-hydroxylation sites is 1. The number of urea groups is 1. The van der Waals surface area contributed by atoms with Crippen LogP contribution >= 0.6 is 0 Å². The summed E-state index contributed by atoms with van der Waals surface area (Å²) in [5.74, 6) is -0.318. The quantitative estimate of drug-likeness (QED) is 0.875. The topological polar surface area (TPSA) is 50.4 Å². The van der Waals surface area contributed by atoms with Gasteiger partial charge in [-0.1, -0.05) is 18.2 Å². The van der Waals surface area contributed by atoms with Gasteiger partial charge in [-0.15, -0.1) is 13.2 Å². The summed E-state index contributed by atoms with van der Waals surface area (Å²) in [5, 5.41) is 4.90. The van der Waals surface area contributed by atoms with E-state index in [2.05, 4.69) is 15.4 Å². The lowest BCUT2D eigenvalue weighted by molar-refractivity contribution is -0.274. The molecule has 2 amide bonds. The van der Waals surface area contributed by atoms with Gasteiger partial charge >= 0.3 is 12.4 Å². The van der Waals surface area contributed by atoms with E-state index in [9.17, 15) is 18.0 Å². The summed E-state index contributed by atoms with van der Waals surface area (Å²) in [6.45, 7) is 2.13. The van der Waals surface area contributed by atoms with Gasteiger partial charge in [-0.25, -0.2) is 4.79 Å². The van der Waals surface area contributed by atoms with Crippen LogP contribution in [-0.4, -0.2) is 18.9 Å². The zero-order chi connectivity index (χ0) is 13.6. The van der Waals surface area contributed by atoms with Gasteiger partial charge in [0.15, 0.2) is 0 Å². The smallest absolute Gasteiger partial charge is 0.405 e. The number of ether oxygens (including phenoxy) is 1. The standard InChI is InChI=1S/C11H13F3N2O2/c1-2-15-10(17)16-7-8-5-3-4-6-9(8)18-11(12,13)14/h3-6H,2,7H2,1H3,(H2,15,16,17). The Labute approximate surface area is 102 Å². The molecule has 0 fully saturated rings. The summed E-state index contributed by atoms with van der Waals surface area (Å²) in [6, 6.07) is 5.20. The van der Waals surface area contributed by atoms with Crippen molar-refractivity contribution in [3.63, 3.8) is 0 Å². The zero-order valence-corrected chi connectivity index (χ0v) is 9.67. The van der Waals surface area contributed by atoms with Crippen LogP contribution in [0.5, 0.6) is 5.75 Å². The van der Waals surface area contributed by atoms with Gasteiger partial charge in [0.05, 0.1) is 0 Å². The third-order valence-electron chi connectivity index (χ3n) is 1.98. The van der Waals surface area contributed by atoms with Crippen molar-refractivity contribution < 1.29 is 22.7 Å². The first-order chi connectivity index (χ1) is 8.42. The minimum atomic E-state index is -4.75. The third-order valence-corrected chi connectivity index (χ3v) is 1.98. The van der Waals surface area contributed by atoms with Crippen LogP contribution in [0.15, 0.2) is 24.3 Å². The van der Waals surface area contributed by atoms with E-state index in [0.717, 1.165) is 0 Å². The molecule has 0 radical (unpaired) electrons. The van der Waals surface area contributed by atoms with Crippen molar-refractivity contribution in [1.82, 2.24) is 10.6 Å². The van der Waals surface area contributed by atoms with E-state index in [1.807, 2.05) is 0 Å². The number of carbonyl (C=O) groups is 1. The molecule has 0 bridgehead atoms. The van der Waals surface area contributed by atoms with Gasteiger partial charge in [0.2, 0.25) is 0 Å². The Bertz CT molecular complexity index is 408. The van der Waals surface area contributed by atoms with Gasteiger partial charge < -0.3 is 15.4 Å². The van der Waals surface area contributed by atoms with Crippen molar-refractivity contribution in [3.8, 4) is 5.75 Å². The van der Waals surface area contributed by atoms with Gasteiger partial charge in [-0.2, -0.15) is 0 Å². The molecule has 18 heavy (non-hydrogen) atoms. The Morgan fingerprint density at radius 2 is 1.94 bits per heavy atom. The number of alkyl halides is 3. The molecule has 0 heterocycles. The van der Waals surface area contributed by atoms with Gasteiger partial charge in [0.25, 0.3) is 0 Å². The fraction of sp³-hybridized carbons (Fsp3) is 0.364. The maximum atomic E-state index is 12.1. The van der Waals surface area contributed by atoms with E-state index < -0.39 is 12.4 Å². The Balaban J connectivity index is 2.67. The molecule has 0 aliphatic rings. The second-order valence-corrected chi connectivity index (χ2v) is 3.37. The van der Waals surface area contributed by atoms with E-state index in [1.54, 1.807) is 13.0 Å². The molecule has 0 saturated carbocycles. The highest BCUT2D eigenvalue weighted by Crippen LogP contribution is 2.25. The Morgan fingerprint density at radius 1 is 1.28 bits per heavy atom. The molecular weight excluding hydrogens is 249 g/mol. The number of carbonyl (C=O) groups excluding carboxylic acids is 1. The van der Waals surface area contributed by atoms with Gasteiger partial charge in [0.1, 0.15) is 5.75 Å². The van der Waals surface area contributed by atoms with E-state index in [0.29, 0.717) is 6.54 Å². The minimum absolute atomic E-state index is 0.0436. The molecule has 0 aliphatic carbocycles. The number of hydrogen-bond acceptors (Lipinski definition) is 2. The molecule has 1 aromatic carbocycles. The van der Waals surface area contributed by atoms with E-state index >= 15 is 0 Å². The van der Waals surface area contributed by atoms with Crippen molar-refractivity contribution in [1.29, 1.82) is 0 Å². The Kier molecular flexibility index (Phi) is 4.82. The highest BCUT2D eigenvalue weighted by Gasteiger charge is 2.31. The summed E-state index contributed by atoms with van der Waals surface area (Å²) >= 11 is 0. The van der Waals surface area contributed by atoms with Crippen LogP contribution in [0.3, 0.4) is 0 Å². The summed E-state index contributed by atoms with van der Waals surface area (Å²) in [4.78, 5) is 11.1. The molecule has 2 N–H and O–H groups in total. The molecule has 0 saturated heterocycles. The summed E-state index contributed by atoms with van der Waals surface area (Å²) in [7, 11) is 0. The van der Waals surface area contributed by atoms with Crippen LogP contribution in [0.2, 0.25) is 0 Å². The molecule has 0 atom stereocenters. The number of rotatable bonds is 4. The number of benzene rings is 1. The van der Waals surface area contributed by atoms with Crippen LogP contribution < -0.4 is 15.4 Å². The van der Waals surface area contributed by atoms with Crippen molar-refractivity contribution in [2.24, 2.45) is 0 Å². The lowest BCUT2D eigenvalue weighted by atomic mass is 10.2. The second-order valence-electron chi connectivity index (χ2n) is 3.37. The van der Waals surface area contributed by atoms with Crippen LogP contribution in [0.1, 0.15) is 12.5 Å². The first kappa shape index (κ1) is 14.1. The van der Waals surface area contributed by atoms with Crippen molar-refractivity contribution in [2.45, 2.75) is 19.8 Å². The van der Waals surface area contributed by atoms with E-state index in [4.69, 9.17) is 0 Å². The first-order valence-corrected chi connectivity index (χ1v) is 5.27. The van der Waals surface area contributed by atoms with E-state index in [-0.39, 0.29) is 17.9 Å². The number of amides is 2. The fourth-order valence-electron chi connectivity index (χ4n) is 1.27. The lowest BCUT2D eigenvalue weighted by Crippen LogP contribution is -2.34. The molecule has 0 spiro atoms. The first-order valence-electron chi connectivity index (χ1n) is 5.27. The third kappa shape index (κ3) is 4.94. The number of nitrogens with one attached hydrogen (secondary N) is 2. The van der Waals surface area contributed by atoms with Crippen LogP contribution in [-0.2, 0) is 6.54 Å². The fourth-order valence-corrected chi connectivity index (χ4v) is 1.27. The SMILES string of the molecule is CCNC(=O)NCc1ccccc1OC(F)(F)F. The maximum absolute atomic E-state index is 12.1. The van der Waals surface area contributed by atoms with Crippen molar-refractivity contribution >= 4 is 6.03 Å². The lowest BCUT2D eigenvalue weighted by Gasteiger charge is -2.13. The van der Waals surface area contributed by atoms with Crippen LogP contribution in [0.4, 0.5) is 18.0 Å². The molecule has 0 aliphatic heterocycles. The summed E-state index contributed by atoms with van der Waals surface area (Å²) < 4.78 is 40.2. The summed E-state index contributed by atoms with van der Waals surface area (Å²) in [6.07, 6.45) is -4.75. The normalized spacial score (nSPS) is 10.9. The second kappa shape index (κ2) is 6.13. The highest BCUT2D eigenvalue weighted by atomic mass is 19.4. The molecule has 1 aromatic rings. The number of halogens is 3. The molecule has 0 unspecified atom stereocenters. The Morgan fingerprint density at radius 3 is 2.56 bits per heavy atom. The molecule has 100 valence electrons. The summed E-state index contributed by atoms with van der Waals surface area (Å²) in [5.41, 5.74) is 0.251.